The Labute approximate surface area is 161 Å². The maximum atomic E-state index is 12.7. The molecule has 0 spiro atoms. The van der Waals surface area contributed by atoms with Gasteiger partial charge in [-0.1, -0.05) is 60.7 Å². The Kier molecular flexibility index (Phi) is 6.48. The Morgan fingerprint density at radius 2 is 1.52 bits per heavy atom. The van der Waals surface area contributed by atoms with Crippen LogP contribution >= 0.6 is 0 Å². The molecule has 0 saturated carbocycles. The van der Waals surface area contributed by atoms with Crippen LogP contribution < -0.4 is 10.6 Å². The van der Waals surface area contributed by atoms with Gasteiger partial charge >= 0.3 is 6.03 Å². The lowest BCUT2D eigenvalue weighted by atomic mass is 9.99. The first-order chi connectivity index (χ1) is 13.1. The van der Waals surface area contributed by atoms with E-state index in [0.29, 0.717) is 6.54 Å². The molecule has 0 unspecified atom stereocenters. The standard InChI is InChI=1S/C22H29N3O2/c1-22(2,25-13-15-27-16-14-25)17-23-21(26)24-20(18-9-5-3-6-10-18)19-11-7-4-8-12-19/h3-12,20H,13-17H2,1-2H3,(H2,23,24,26). The Morgan fingerprint density at radius 3 is 2.04 bits per heavy atom. The molecule has 1 saturated heterocycles. The Hall–Kier alpha value is -2.37. The van der Waals surface area contributed by atoms with Crippen LogP contribution in [0.4, 0.5) is 4.79 Å². The molecule has 2 aromatic rings. The summed E-state index contributed by atoms with van der Waals surface area (Å²) >= 11 is 0. The molecule has 3 rings (SSSR count). The van der Waals surface area contributed by atoms with E-state index in [1.165, 1.54) is 0 Å². The van der Waals surface area contributed by atoms with Crippen molar-refractivity contribution in [2.75, 3.05) is 32.8 Å². The van der Waals surface area contributed by atoms with Crippen molar-refractivity contribution >= 4 is 6.03 Å². The highest BCUT2D eigenvalue weighted by Crippen LogP contribution is 2.21. The summed E-state index contributed by atoms with van der Waals surface area (Å²) in [6, 6.07) is 19.7. The number of carbonyl (C=O) groups is 1. The van der Waals surface area contributed by atoms with Gasteiger partial charge in [0.2, 0.25) is 0 Å². The third kappa shape index (κ3) is 5.31. The molecular formula is C22H29N3O2. The first-order valence-electron chi connectivity index (χ1n) is 9.53. The summed E-state index contributed by atoms with van der Waals surface area (Å²) in [4.78, 5) is 15.0. The highest BCUT2D eigenvalue weighted by Gasteiger charge is 2.29. The zero-order valence-corrected chi connectivity index (χ0v) is 16.2. The number of morpholine rings is 1. The lowest BCUT2D eigenvalue weighted by Gasteiger charge is -2.40. The van der Waals surface area contributed by atoms with Crippen LogP contribution in [-0.4, -0.2) is 49.3 Å². The molecule has 1 heterocycles. The number of benzene rings is 2. The van der Waals surface area contributed by atoms with Crippen LogP contribution in [0.3, 0.4) is 0 Å². The lowest BCUT2D eigenvalue weighted by molar-refractivity contribution is -0.00875. The van der Waals surface area contributed by atoms with Gasteiger partial charge in [0.05, 0.1) is 19.3 Å². The van der Waals surface area contributed by atoms with Crippen LogP contribution in [0.15, 0.2) is 60.7 Å². The summed E-state index contributed by atoms with van der Waals surface area (Å²) in [5.41, 5.74) is 2.01. The number of rotatable bonds is 6. The first-order valence-corrected chi connectivity index (χ1v) is 9.53. The summed E-state index contributed by atoms with van der Waals surface area (Å²) in [5, 5.41) is 6.19. The minimum atomic E-state index is -0.182. The number of carbonyl (C=O) groups excluding carboxylic acids is 1. The van der Waals surface area contributed by atoms with Gasteiger partial charge < -0.3 is 15.4 Å². The quantitative estimate of drug-likeness (QED) is 0.824. The third-order valence-corrected chi connectivity index (χ3v) is 5.09. The minimum absolute atomic E-state index is 0.115. The monoisotopic (exact) mass is 367 g/mol. The van der Waals surface area contributed by atoms with E-state index in [2.05, 4.69) is 29.4 Å². The van der Waals surface area contributed by atoms with Crippen molar-refractivity contribution in [3.8, 4) is 0 Å². The molecule has 1 aliphatic rings. The van der Waals surface area contributed by atoms with E-state index in [1.807, 2.05) is 60.7 Å². The molecule has 5 heteroatoms. The molecule has 2 N–H and O–H groups in total. The fourth-order valence-corrected chi connectivity index (χ4v) is 3.41. The fourth-order valence-electron chi connectivity index (χ4n) is 3.41. The van der Waals surface area contributed by atoms with E-state index in [0.717, 1.165) is 37.4 Å². The molecule has 27 heavy (non-hydrogen) atoms. The van der Waals surface area contributed by atoms with Crippen molar-refractivity contribution in [2.24, 2.45) is 0 Å². The van der Waals surface area contributed by atoms with Gasteiger partial charge in [-0.2, -0.15) is 0 Å². The smallest absolute Gasteiger partial charge is 0.315 e. The predicted molar refractivity (Wildman–Crippen MR) is 108 cm³/mol. The van der Waals surface area contributed by atoms with Gasteiger partial charge in [0, 0.05) is 25.2 Å². The molecule has 0 bridgehead atoms. The zero-order chi connectivity index (χ0) is 19.1. The first kappa shape index (κ1) is 19.4. The van der Waals surface area contributed by atoms with E-state index >= 15 is 0 Å². The molecule has 5 nitrogen and oxygen atoms in total. The number of hydrogen-bond donors (Lipinski definition) is 2. The number of ether oxygens (including phenoxy) is 1. The fraction of sp³-hybridized carbons (Fsp3) is 0.409. The van der Waals surface area contributed by atoms with Gasteiger partial charge in [0.25, 0.3) is 0 Å². The predicted octanol–water partition coefficient (Wildman–Crippen LogP) is 3.19. The summed E-state index contributed by atoms with van der Waals surface area (Å²) in [6.45, 7) is 8.18. The largest absolute Gasteiger partial charge is 0.379 e. The van der Waals surface area contributed by atoms with Crippen molar-refractivity contribution in [3.05, 3.63) is 71.8 Å². The molecule has 0 aliphatic carbocycles. The number of hydrogen-bond acceptors (Lipinski definition) is 3. The number of amides is 2. The minimum Gasteiger partial charge on any atom is -0.379 e. The number of nitrogens with one attached hydrogen (secondary N) is 2. The average Bonchev–Trinajstić information content (AvgIpc) is 2.72. The van der Waals surface area contributed by atoms with Gasteiger partial charge in [0.1, 0.15) is 0 Å². The molecule has 0 atom stereocenters. The Bertz CT molecular complexity index is 673. The maximum Gasteiger partial charge on any atom is 0.315 e. The zero-order valence-electron chi connectivity index (χ0n) is 16.2. The van der Waals surface area contributed by atoms with Crippen molar-refractivity contribution in [3.63, 3.8) is 0 Å². The molecule has 2 amide bonds. The van der Waals surface area contributed by atoms with Gasteiger partial charge in [-0.05, 0) is 25.0 Å². The van der Waals surface area contributed by atoms with Crippen molar-refractivity contribution in [2.45, 2.75) is 25.4 Å². The highest BCUT2D eigenvalue weighted by atomic mass is 16.5. The Morgan fingerprint density at radius 1 is 1.00 bits per heavy atom. The second-order valence-corrected chi connectivity index (χ2v) is 7.49. The second kappa shape index (κ2) is 9.02. The summed E-state index contributed by atoms with van der Waals surface area (Å²) < 4.78 is 5.43. The van der Waals surface area contributed by atoms with Gasteiger partial charge in [0.15, 0.2) is 0 Å². The summed E-state index contributed by atoms with van der Waals surface area (Å²) in [7, 11) is 0. The molecular weight excluding hydrogens is 338 g/mol. The Balaban J connectivity index is 1.64. The summed E-state index contributed by atoms with van der Waals surface area (Å²) in [5.74, 6) is 0. The highest BCUT2D eigenvalue weighted by molar-refractivity contribution is 5.75. The van der Waals surface area contributed by atoms with Gasteiger partial charge in [-0.15, -0.1) is 0 Å². The molecule has 2 aromatic carbocycles. The van der Waals surface area contributed by atoms with Crippen LogP contribution in [-0.2, 0) is 4.74 Å². The maximum absolute atomic E-state index is 12.7. The number of nitrogens with zero attached hydrogens (tertiary/aromatic N) is 1. The van der Waals surface area contributed by atoms with E-state index in [4.69, 9.17) is 4.74 Å². The van der Waals surface area contributed by atoms with Crippen LogP contribution in [0, 0.1) is 0 Å². The molecule has 0 aromatic heterocycles. The number of urea groups is 1. The van der Waals surface area contributed by atoms with Gasteiger partial charge in [-0.3, -0.25) is 4.90 Å². The van der Waals surface area contributed by atoms with E-state index < -0.39 is 0 Å². The van der Waals surface area contributed by atoms with Crippen molar-refractivity contribution in [1.82, 2.24) is 15.5 Å². The summed E-state index contributed by atoms with van der Waals surface area (Å²) in [6.07, 6.45) is 0. The third-order valence-electron chi connectivity index (χ3n) is 5.09. The SMILES string of the molecule is CC(C)(CNC(=O)NC(c1ccccc1)c1ccccc1)N1CCOCC1. The molecule has 1 aliphatic heterocycles. The van der Waals surface area contributed by atoms with Crippen LogP contribution in [0.5, 0.6) is 0 Å². The van der Waals surface area contributed by atoms with Gasteiger partial charge in [-0.25, -0.2) is 4.79 Å². The van der Waals surface area contributed by atoms with Crippen molar-refractivity contribution in [1.29, 1.82) is 0 Å². The molecule has 144 valence electrons. The topological polar surface area (TPSA) is 53.6 Å². The van der Waals surface area contributed by atoms with E-state index in [-0.39, 0.29) is 17.6 Å². The average molecular weight is 367 g/mol. The molecule has 1 fully saturated rings. The molecule has 0 radical (unpaired) electrons. The van der Waals surface area contributed by atoms with Crippen LogP contribution in [0.2, 0.25) is 0 Å². The van der Waals surface area contributed by atoms with Crippen molar-refractivity contribution < 1.29 is 9.53 Å². The normalized spacial score (nSPS) is 15.5. The second-order valence-electron chi connectivity index (χ2n) is 7.49. The van der Waals surface area contributed by atoms with Crippen LogP contribution in [0.25, 0.3) is 0 Å². The van der Waals surface area contributed by atoms with Crippen LogP contribution in [0.1, 0.15) is 31.0 Å². The lowest BCUT2D eigenvalue weighted by Crippen LogP contribution is -2.56. The van der Waals surface area contributed by atoms with E-state index in [9.17, 15) is 4.79 Å². The van der Waals surface area contributed by atoms with E-state index in [1.54, 1.807) is 0 Å².